The Kier molecular flexibility index (Phi) is 4.32. The molecule has 1 unspecified atom stereocenters. The maximum Gasteiger partial charge on any atom is 0.0881 e. The fraction of sp³-hybridized carbons (Fsp3) is 0.273. The van der Waals surface area contributed by atoms with Crippen LogP contribution in [0.1, 0.15) is 6.42 Å². The van der Waals surface area contributed by atoms with Crippen LogP contribution in [0.2, 0.25) is 0 Å². The molecule has 0 saturated carbocycles. The van der Waals surface area contributed by atoms with E-state index in [0.29, 0.717) is 5.25 Å². The minimum Gasteiger partial charge on any atom is -0.121 e. The molecule has 0 spiro atoms. The molecular formula is C11H10Cl2S2. The monoisotopic (exact) mass is 276 g/mol. The Balaban J connectivity index is 1.98. The lowest BCUT2D eigenvalue weighted by Gasteiger charge is -2.20. The standard InChI is InChI=1S/C11H10Cl2S2/c12-10-6-9(7-14-11(10)13)15-8-4-2-1-3-5-8/h1-5,9H,6-7H2. The number of halogens is 2. The number of allylic oxidation sites excluding steroid dienone is 1. The molecule has 1 aromatic carbocycles. The Hall–Kier alpha value is 0.240. The third-order valence-electron chi connectivity index (χ3n) is 2.06. The number of hydrogen-bond donors (Lipinski definition) is 0. The summed E-state index contributed by atoms with van der Waals surface area (Å²) in [5.41, 5.74) is 0. The van der Waals surface area contributed by atoms with E-state index in [1.54, 1.807) is 11.8 Å². The van der Waals surface area contributed by atoms with Crippen LogP contribution >= 0.6 is 46.7 Å². The van der Waals surface area contributed by atoms with Crippen molar-refractivity contribution in [3.63, 3.8) is 0 Å². The van der Waals surface area contributed by atoms with Gasteiger partial charge in [0, 0.05) is 20.9 Å². The van der Waals surface area contributed by atoms with E-state index < -0.39 is 0 Å². The quantitative estimate of drug-likeness (QED) is 0.751. The van der Waals surface area contributed by atoms with Gasteiger partial charge in [0.1, 0.15) is 0 Å². The molecule has 1 aliphatic rings. The highest BCUT2D eigenvalue weighted by molar-refractivity contribution is 8.06. The molecule has 0 nitrogen and oxygen atoms in total. The van der Waals surface area contributed by atoms with Gasteiger partial charge in [0.05, 0.1) is 4.36 Å². The molecule has 1 aliphatic heterocycles. The van der Waals surface area contributed by atoms with Crippen molar-refractivity contribution in [3.05, 3.63) is 39.7 Å². The highest BCUT2D eigenvalue weighted by Gasteiger charge is 2.20. The third-order valence-corrected chi connectivity index (χ3v) is 5.66. The normalized spacial score (nSPS) is 21.9. The molecule has 0 aromatic heterocycles. The first-order valence-corrected chi connectivity index (χ1v) is 7.26. The molecule has 0 amide bonds. The van der Waals surface area contributed by atoms with E-state index in [9.17, 15) is 0 Å². The molecule has 0 radical (unpaired) electrons. The van der Waals surface area contributed by atoms with Crippen LogP contribution in [-0.2, 0) is 0 Å². The van der Waals surface area contributed by atoms with E-state index in [-0.39, 0.29) is 0 Å². The van der Waals surface area contributed by atoms with Gasteiger partial charge in [-0.3, -0.25) is 0 Å². The van der Waals surface area contributed by atoms with E-state index in [1.807, 2.05) is 17.8 Å². The second kappa shape index (κ2) is 5.53. The van der Waals surface area contributed by atoms with Crippen LogP contribution in [0.5, 0.6) is 0 Å². The lowest BCUT2D eigenvalue weighted by atomic mass is 10.3. The van der Waals surface area contributed by atoms with Gasteiger partial charge >= 0.3 is 0 Å². The van der Waals surface area contributed by atoms with Crippen molar-refractivity contribution in [3.8, 4) is 0 Å². The first kappa shape index (κ1) is 11.7. The number of thioether (sulfide) groups is 2. The number of hydrogen-bond acceptors (Lipinski definition) is 2. The second-order valence-corrected chi connectivity index (χ2v) is 6.71. The number of rotatable bonds is 2. The Morgan fingerprint density at radius 3 is 2.60 bits per heavy atom. The van der Waals surface area contributed by atoms with Crippen molar-refractivity contribution < 1.29 is 0 Å². The predicted molar refractivity (Wildman–Crippen MR) is 71.9 cm³/mol. The highest BCUT2D eigenvalue weighted by atomic mass is 35.5. The van der Waals surface area contributed by atoms with Crippen molar-refractivity contribution >= 4 is 46.7 Å². The first-order chi connectivity index (χ1) is 7.25. The van der Waals surface area contributed by atoms with Gasteiger partial charge in [-0.2, -0.15) is 0 Å². The summed E-state index contributed by atoms with van der Waals surface area (Å²) in [6.07, 6.45) is 0.882. The maximum absolute atomic E-state index is 6.04. The molecule has 2 rings (SSSR count). The minimum atomic E-state index is 0.535. The summed E-state index contributed by atoms with van der Waals surface area (Å²) in [4.78, 5) is 1.30. The van der Waals surface area contributed by atoms with Crippen LogP contribution in [0.4, 0.5) is 0 Å². The zero-order valence-electron chi connectivity index (χ0n) is 7.95. The smallest absolute Gasteiger partial charge is 0.0881 e. The van der Waals surface area contributed by atoms with Gasteiger partial charge in [0.25, 0.3) is 0 Å². The van der Waals surface area contributed by atoms with Crippen molar-refractivity contribution in [1.82, 2.24) is 0 Å². The Morgan fingerprint density at radius 1 is 1.20 bits per heavy atom. The summed E-state index contributed by atoms with van der Waals surface area (Å²) in [5, 5.41) is 1.34. The number of benzene rings is 1. The summed E-state index contributed by atoms with van der Waals surface area (Å²) >= 11 is 15.5. The molecule has 0 N–H and O–H groups in total. The van der Waals surface area contributed by atoms with Crippen LogP contribution in [0.25, 0.3) is 0 Å². The Morgan fingerprint density at radius 2 is 1.93 bits per heavy atom. The molecular weight excluding hydrogens is 267 g/mol. The van der Waals surface area contributed by atoms with Gasteiger partial charge in [-0.1, -0.05) is 41.4 Å². The van der Waals surface area contributed by atoms with Crippen LogP contribution in [0.15, 0.2) is 44.6 Å². The average molecular weight is 277 g/mol. The topological polar surface area (TPSA) is 0 Å². The highest BCUT2D eigenvalue weighted by Crippen LogP contribution is 2.41. The molecule has 15 heavy (non-hydrogen) atoms. The van der Waals surface area contributed by atoms with E-state index in [1.165, 1.54) is 4.90 Å². The van der Waals surface area contributed by atoms with Crippen molar-refractivity contribution in [2.45, 2.75) is 16.6 Å². The first-order valence-electron chi connectivity index (χ1n) is 4.64. The van der Waals surface area contributed by atoms with Crippen LogP contribution in [0, 0.1) is 0 Å². The Bertz CT molecular complexity index is 362. The summed E-state index contributed by atoms with van der Waals surface area (Å²) in [6, 6.07) is 10.4. The molecule has 0 saturated heterocycles. The van der Waals surface area contributed by atoms with Crippen LogP contribution in [-0.4, -0.2) is 11.0 Å². The summed E-state index contributed by atoms with van der Waals surface area (Å²) in [7, 11) is 0. The zero-order chi connectivity index (χ0) is 10.7. The lowest BCUT2D eigenvalue weighted by molar-refractivity contribution is 0.969. The largest absolute Gasteiger partial charge is 0.121 e. The van der Waals surface area contributed by atoms with Gasteiger partial charge in [-0.15, -0.1) is 23.5 Å². The summed E-state index contributed by atoms with van der Waals surface area (Å²) in [5.74, 6) is 1.04. The van der Waals surface area contributed by atoms with Crippen LogP contribution in [0.3, 0.4) is 0 Å². The van der Waals surface area contributed by atoms with Gasteiger partial charge in [-0.05, 0) is 18.6 Å². The van der Waals surface area contributed by atoms with E-state index in [0.717, 1.165) is 21.6 Å². The maximum atomic E-state index is 6.04. The summed E-state index contributed by atoms with van der Waals surface area (Å²) < 4.78 is 0.765. The molecule has 1 atom stereocenters. The minimum absolute atomic E-state index is 0.535. The van der Waals surface area contributed by atoms with Gasteiger partial charge in [-0.25, -0.2) is 0 Å². The van der Waals surface area contributed by atoms with E-state index in [4.69, 9.17) is 23.2 Å². The van der Waals surface area contributed by atoms with E-state index in [2.05, 4.69) is 24.3 Å². The SMILES string of the molecule is ClC1=C(Cl)SCC(Sc2ccccc2)C1. The molecule has 0 bridgehead atoms. The van der Waals surface area contributed by atoms with Gasteiger partial charge in [0.2, 0.25) is 0 Å². The third kappa shape index (κ3) is 3.35. The molecule has 0 aliphatic carbocycles. The average Bonchev–Trinajstić information content (AvgIpc) is 2.25. The fourth-order valence-corrected chi connectivity index (χ4v) is 4.17. The molecule has 0 fully saturated rings. The molecule has 1 aromatic rings. The summed E-state index contributed by atoms with van der Waals surface area (Å²) in [6.45, 7) is 0. The van der Waals surface area contributed by atoms with Gasteiger partial charge < -0.3 is 0 Å². The van der Waals surface area contributed by atoms with Gasteiger partial charge in [0.15, 0.2) is 0 Å². The van der Waals surface area contributed by atoms with Crippen molar-refractivity contribution in [2.75, 3.05) is 5.75 Å². The van der Waals surface area contributed by atoms with E-state index >= 15 is 0 Å². The van der Waals surface area contributed by atoms with Crippen LogP contribution < -0.4 is 0 Å². The lowest BCUT2D eigenvalue weighted by Crippen LogP contribution is -2.10. The fourth-order valence-electron chi connectivity index (χ4n) is 1.35. The second-order valence-electron chi connectivity index (χ2n) is 3.25. The van der Waals surface area contributed by atoms with Crippen molar-refractivity contribution in [1.29, 1.82) is 0 Å². The molecule has 80 valence electrons. The molecule has 4 heteroatoms. The zero-order valence-corrected chi connectivity index (χ0v) is 11.1. The Labute approximate surface area is 108 Å². The predicted octanol–water partition coefficient (Wildman–Crippen LogP) is 4.93. The van der Waals surface area contributed by atoms with Crippen molar-refractivity contribution in [2.24, 2.45) is 0 Å². The molecule has 1 heterocycles.